The molecule has 0 fully saturated rings. The second-order valence-corrected chi connectivity index (χ2v) is 8.65. The minimum Gasteiger partial charge on any atom is -0.484 e. The van der Waals surface area contributed by atoms with Crippen LogP contribution in [0.15, 0.2) is 36.4 Å². The lowest BCUT2D eigenvalue weighted by atomic mass is 10.1. The summed E-state index contributed by atoms with van der Waals surface area (Å²) >= 11 is 12.5. The van der Waals surface area contributed by atoms with E-state index in [1.165, 1.54) is 4.90 Å². The molecule has 1 N–H and O–H groups in total. The fraction of sp³-hybridized carbons (Fsp3) is 0.417. The van der Waals surface area contributed by atoms with Gasteiger partial charge in [0, 0.05) is 22.6 Å². The number of aryl methyl sites for hydroxylation is 2. The Morgan fingerprint density at radius 2 is 1.71 bits per heavy atom. The van der Waals surface area contributed by atoms with E-state index in [9.17, 15) is 9.59 Å². The number of nitrogens with one attached hydrogen (secondary N) is 1. The number of hydrogen-bond acceptors (Lipinski definition) is 3. The lowest BCUT2D eigenvalue weighted by Gasteiger charge is -2.31. The van der Waals surface area contributed by atoms with Crippen LogP contribution in [0.3, 0.4) is 0 Å². The lowest BCUT2D eigenvalue weighted by molar-refractivity contribution is -0.143. The van der Waals surface area contributed by atoms with Crippen LogP contribution in [-0.4, -0.2) is 35.4 Å². The highest BCUT2D eigenvalue weighted by molar-refractivity contribution is 6.32. The van der Waals surface area contributed by atoms with Crippen molar-refractivity contribution in [2.24, 2.45) is 0 Å². The van der Waals surface area contributed by atoms with Crippen molar-refractivity contribution in [2.75, 3.05) is 6.61 Å². The van der Waals surface area contributed by atoms with E-state index in [4.69, 9.17) is 27.9 Å². The normalized spacial score (nSPS) is 11.9. The Morgan fingerprint density at radius 3 is 2.26 bits per heavy atom. The summed E-state index contributed by atoms with van der Waals surface area (Å²) < 4.78 is 5.77. The second kappa shape index (κ2) is 11.4. The van der Waals surface area contributed by atoms with Crippen LogP contribution in [0, 0.1) is 13.8 Å². The van der Waals surface area contributed by atoms with Crippen LogP contribution in [-0.2, 0) is 16.1 Å². The van der Waals surface area contributed by atoms with Crippen LogP contribution in [0.25, 0.3) is 0 Å². The Morgan fingerprint density at radius 1 is 1.10 bits per heavy atom. The zero-order valence-electron chi connectivity index (χ0n) is 18.7. The van der Waals surface area contributed by atoms with Crippen LogP contribution in [0.1, 0.15) is 43.9 Å². The van der Waals surface area contributed by atoms with Gasteiger partial charge in [-0.1, -0.05) is 48.3 Å². The molecule has 0 spiro atoms. The zero-order chi connectivity index (χ0) is 23.1. The van der Waals surface area contributed by atoms with Crippen LogP contribution >= 0.6 is 23.2 Å². The van der Waals surface area contributed by atoms with Crippen molar-refractivity contribution in [2.45, 2.75) is 59.7 Å². The summed E-state index contributed by atoms with van der Waals surface area (Å²) in [4.78, 5) is 27.6. The molecule has 1 atom stereocenters. The fourth-order valence-electron chi connectivity index (χ4n) is 3.33. The van der Waals surface area contributed by atoms with Gasteiger partial charge in [0.05, 0.1) is 0 Å². The van der Waals surface area contributed by atoms with E-state index >= 15 is 0 Å². The predicted molar refractivity (Wildman–Crippen MR) is 126 cm³/mol. The van der Waals surface area contributed by atoms with E-state index in [2.05, 4.69) is 5.32 Å². The molecule has 31 heavy (non-hydrogen) atoms. The van der Waals surface area contributed by atoms with E-state index in [1.807, 2.05) is 52.8 Å². The molecule has 0 heterocycles. The van der Waals surface area contributed by atoms with Crippen LogP contribution < -0.4 is 10.1 Å². The number of ether oxygens (including phenoxy) is 1. The van der Waals surface area contributed by atoms with Gasteiger partial charge in [0.2, 0.25) is 5.91 Å². The predicted octanol–water partition coefficient (Wildman–Crippen LogP) is 5.32. The van der Waals surface area contributed by atoms with Crippen molar-refractivity contribution >= 4 is 35.0 Å². The van der Waals surface area contributed by atoms with Gasteiger partial charge in [-0.2, -0.15) is 0 Å². The molecule has 0 bridgehead atoms. The van der Waals surface area contributed by atoms with Crippen molar-refractivity contribution in [1.82, 2.24) is 10.2 Å². The number of nitrogens with zero attached hydrogens (tertiary/aromatic N) is 1. The van der Waals surface area contributed by atoms with E-state index < -0.39 is 6.04 Å². The zero-order valence-corrected chi connectivity index (χ0v) is 20.2. The molecule has 0 radical (unpaired) electrons. The quantitative estimate of drug-likeness (QED) is 0.545. The van der Waals surface area contributed by atoms with E-state index in [0.717, 1.165) is 16.7 Å². The number of benzene rings is 2. The van der Waals surface area contributed by atoms with Crippen molar-refractivity contribution in [3.63, 3.8) is 0 Å². The number of halogens is 2. The van der Waals surface area contributed by atoms with Crippen LogP contribution in [0.2, 0.25) is 10.0 Å². The first kappa shape index (κ1) is 25.0. The summed E-state index contributed by atoms with van der Waals surface area (Å²) in [6, 6.07) is 10.2. The Bertz CT molecular complexity index is 908. The molecule has 2 amide bonds. The van der Waals surface area contributed by atoms with Gasteiger partial charge in [-0.25, -0.2) is 0 Å². The summed E-state index contributed by atoms with van der Waals surface area (Å²) in [6.45, 7) is 9.44. The first-order valence-electron chi connectivity index (χ1n) is 10.4. The number of carbonyl (C=O) groups excluding carboxylic acids is 2. The fourth-order valence-corrected chi connectivity index (χ4v) is 3.63. The molecule has 168 valence electrons. The highest BCUT2D eigenvalue weighted by Gasteiger charge is 2.29. The molecule has 0 aromatic heterocycles. The Hall–Kier alpha value is -2.24. The third-order valence-corrected chi connectivity index (χ3v) is 5.85. The summed E-state index contributed by atoms with van der Waals surface area (Å²) in [5, 5.41) is 4.13. The number of amides is 2. The average molecular weight is 465 g/mol. The van der Waals surface area contributed by atoms with E-state index in [0.29, 0.717) is 22.2 Å². The number of carbonyl (C=O) groups is 2. The largest absolute Gasteiger partial charge is 0.484 e. The van der Waals surface area contributed by atoms with Crippen molar-refractivity contribution in [1.29, 1.82) is 0 Å². The van der Waals surface area contributed by atoms with Crippen molar-refractivity contribution < 1.29 is 14.3 Å². The standard InChI is InChI=1S/C24H30Cl2N2O3/c1-6-21(24(30)27-15(2)3)28(13-18-9-7-8-10-20(18)25)22(29)14-31-19-11-16(4)23(26)17(5)12-19/h7-12,15,21H,6,13-14H2,1-5H3,(H,27,30). The van der Waals surface area contributed by atoms with Crippen molar-refractivity contribution in [3.8, 4) is 5.75 Å². The Labute approximate surface area is 194 Å². The first-order chi connectivity index (χ1) is 14.6. The maximum atomic E-state index is 13.2. The van der Waals surface area contributed by atoms with Gasteiger partial charge in [-0.15, -0.1) is 0 Å². The smallest absolute Gasteiger partial charge is 0.261 e. The molecule has 2 aromatic rings. The van der Waals surface area contributed by atoms with E-state index in [1.54, 1.807) is 18.2 Å². The maximum Gasteiger partial charge on any atom is 0.261 e. The molecule has 0 aliphatic rings. The molecule has 0 aliphatic heterocycles. The molecule has 0 aliphatic carbocycles. The molecular formula is C24H30Cl2N2O3. The number of hydrogen-bond donors (Lipinski definition) is 1. The van der Waals surface area contributed by atoms with Gasteiger partial charge >= 0.3 is 0 Å². The third-order valence-electron chi connectivity index (χ3n) is 4.89. The van der Waals surface area contributed by atoms with Crippen LogP contribution in [0.4, 0.5) is 0 Å². The second-order valence-electron chi connectivity index (χ2n) is 7.86. The topological polar surface area (TPSA) is 58.6 Å². The first-order valence-corrected chi connectivity index (χ1v) is 11.1. The summed E-state index contributed by atoms with van der Waals surface area (Å²) in [7, 11) is 0. The number of rotatable bonds is 9. The lowest BCUT2D eigenvalue weighted by Crippen LogP contribution is -2.51. The maximum absolute atomic E-state index is 13.2. The Kier molecular flexibility index (Phi) is 9.20. The minimum atomic E-state index is -0.636. The summed E-state index contributed by atoms with van der Waals surface area (Å²) in [6.07, 6.45) is 0.466. The SMILES string of the molecule is CCC(C(=O)NC(C)C)N(Cc1ccccc1Cl)C(=O)COc1cc(C)c(Cl)c(C)c1. The summed E-state index contributed by atoms with van der Waals surface area (Å²) in [5.41, 5.74) is 2.52. The monoisotopic (exact) mass is 464 g/mol. The van der Waals surface area contributed by atoms with Gasteiger partial charge in [0.1, 0.15) is 11.8 Å². The van der Waals surface area contributed by atoms with Gasteiger partial charge in [0.25, 0.3) is 5.91 Å². The molecule has 5 nitrogen and oxygen atoms in total. The van der Waals surface area contributed by atoms with E-state index in [-0.39, 0.29) is 31.0 Å². The van der Waals surface area contributed by atoms with Gasteiger partial charge < -0.3 is 15.0 Å². The molecule has 0 saturated carbocycles. The highest BCUT2D eigenvalue weighted by Crippen LogP contribution is 2.26. The third kappa shape index (κ3) is 6.88. The van der Waals surface area contributed by atoms with Gasteiger partial charge in [-0.3, -0.25) is 9.59 Å². The summed E-state index contributed by atoms with van der Waals surface area (Å²) in [5.74, 6) is 0.0668. The highest BCUT2D eigenvalue weighted by atomic mass is 35.5. The van der Waals surface area contributed by atoms with Gasteiger partial charge in [0.15, 0.2) is 6.61 Å². The minimum absolute atomic E-state index is 0.0323. The Balaban J connectivity index is 2.26. The molecule has 1 unspecified atom stereocenters. The van der Waals surface area contributed by atoms with Crippen LogP contribution in [0.5, 0.6) is 5.75 Å². The average Bonchev–Trinajstić information content (AvgIpc) is 2.70. The molecule has 7 heteroatoms. The molecule has 2 rings (SSSR count). The molecule has 0 saturated heterocycles. The van der Waals surface area contributed by atoms with Crippen molar-refractivity contribution in [3.05, 3.63) is 63.1 Å². The van der Waals surface area contributed by atoms with Gasteiger partial charge in [-0.05, 0) is 69.0 Å². The molecular weight excluding hydrogens is 435 g/mol. The molecule has 2 aromatic carbocycles.